The van der Waals surface area contributed by atoms with Gasteiger partial charge >= 0.3 is 12.1 Å². The van der Waals surface area contributed by atoms with Crippen LogP contribution in [0.5, 0.6) is 5.75 Å². The van der Waals surface area contributed by atoms with Crippen molar-refractivity contribution in [2.45, 2.75) is 38.3 Å². The summed E-state index contributed by atoms with van der Waals surface area (Å²) in [5, 5.41) is 2.27. The lowest BCUT2D eigenvalue weighted by Crippen LogP contribution is -2.22. The molecule has 0 spiro atoms. The van der Waals surface area contributed by atoms with Gasteiger partial charge in [-0.15, -0.1) is 0 Å². The molecule has 0 saturated heterocycles. The summed E-state index contributed by atoms with van der Waals surface area (Å²) in [6.07, 6.45) is -1.94. The molecule has 0 aromatic heterocycles. The van der Waals surface area contributed by atoms with Gasteiger partial charge in [0.2, 0.25) is 0 Å². The molecule has 0 heterocycles. The molecular formula is C25H26F3NO6. The van der Waals surface area contributed by atoms with Gasteiger partial charge in [0.15, 0.2) is 12.4 Å². The van der Waals surface area contributed by atoms with Crippen LogP contribution < -0.4 is 10.1 Å². The lowest BCUT2D eigenvalue weighted by molar-refractivity contribution is -0.147. The molecular weight excluding hydrogens is 467 g/mol. The van der Waals surface area contributed by atoms with E-state index in [1.54, 1.807) is 6.07 Å². The average Bonchev–Trinajstić information content (AvgIpc) is 3.29. The molecule has 0 bridgehead atoms. The number of carbonyl (C=O) groups is 3. The maximum atomic E-state index is 13.1. The van der Waals surface area contributed by atoms with Gasteiger partial charge in [-0.2, -0.15) is 13.2 Å². The number of halogens is 3. The molecule has 2 aromatic carbocycles. The van der Waals surface area contributed by atoms with Gasteiger partial charge < -0.3 is 19.5 Å². The van der Waals surface area contributed by atoms with E-state index in [0.29, 0.717) is 5.56 Å². The average molecular weight is 493 g/mol. The van der Waals surface area contributed by atoms with E-state index >= 15 is 0 Å². The van der Waals surface area contributed by atoms with Crippen molar-refractivity contribution in [3.63, 3.8) is 0 Å². The van der Waals surface area contributed by atoms with Crippen LogP contribution in [0.1, 0.15) is 46.3 Å². The molecule has 0 atom stereocenters. The smallest absolute Gasteiger partial charge is 0.416 e. The first-order chi connectivity index (χ1) is 16.7. The molecule has 0 radical (unpaired) electrons. The number of esters is 1. The molecule has 1 aliphatic rings. The SMILES string of the molecule is COCCOc1ccc(C(F)(F)F)cc1NC(=O)COC(=O)CCC(=O)c1ccc2c(c1)CCC2. The van der Waals surface area contributed by atoms with Gasteiger partial charge in [-0.1, -0.05) is 12.1 Å². The molecule has 188 valence electrons. The summed E-state index contributed by atoms with van der Waals surface area (Å²) in [5.74, 6) is -1.81. The Kier molecular flexibility index (Phi) is 8.86. The van der Waals surface area contributed by atoms with Crippen molar-refractivity contribution in [3.8, 4) is 5.75 Å². The Bertz CT molecular complexity index is 1080. The van der Waals surface area contributed by atoms with Crippen LogP contribution in [0.25, 0.3) is 0 Å². The minimum atomic E-state index is -4.62. The topological polar surface area (TPSA) is 90.9 Å². The van der Waals surface area contributed by atoms with Gasteiger partial charge in [-0.3, -0.25) is 14.4 Å². The van der Waals surface area contributed by atoms with E-state index in [1.807, 2.05) is 12.1 Å². The maximum absolute atomic E-state index is 13.1. The maximum Gasteiger partial charge on any atom is 0.416 e. The van der Waals surface area contributed by atoms with E-state index in [1.165, 1.54) is 12.7 Å². The summed E-state index contributed by atoms with van der Waals surface area (Å²) in [7, 11) is 1.44. The Balaban J connectivity index is 1.51. The van der Waals surface area contributed by atoms with E-state index in [4.69, 9.17) is 14.2 Å². The number of ketones is 1. The number of hydrogen-bond donors (Lipinski definition) is 1. The second-order valence-corrected chi connectivity index (χ2v) is 8.02. The minimum absolute atomic E-state index is 0.00895. The lowest BCUT2D eigenvalue weighted by Gasteiger charge is -2.15. The number of hydrogen-bond acceptors (Lipinski definition) is 6. The number of ether oxygens (including phenoxy) is 3. The Morgan fingerprint density at radius 3 is 2.49 bits per heavy atom. The third kappa shape index (κ3) is 7.54. The number of aryl methyl sites for hydroxylation is 2. The number of alkyl halides is 3. The molecule has 7 nitrogen and oxygen atoms in total. The molecule has 0 fully saturated rings. The first-order valence-electron chi connectivity index (χ1n) is 11.1. The Hall–Kier alpha value is -3.40. The van der Waals surface area contributed by atoms with Crippen molar-refractivity contribution >= 4 is 23.3 Å². The quantitative estimate of drug-likeness (QED) is 0.284. The molecule has 0 unspecified atom stereocenters. The number of Topliss-reactive ketones (excluding diaryl/α,β-unsaturated/α-hetero) is 1. The summed E-state index contributed by atoms with van der Waals surface area (Å²) in [4.78, 5) is 36.6. The normalized spacial score (nSPS) is 12.7. The fourth-order valence-electron chi connectivity index (χ4n) is 3.67. The second kappa shape index (κ2) is 11.8. The zero-order chi connectivity index (χ0) is 25.4. The molecule has 1 aliphatic carbocycles. The van der Waals surface area contributed by atoms with Crippen molar-refractivity contribution in [1.29, 1.82) is 0 Å². The summed E-state index contributed by atoms with van der Waals surface area (Å²) in [5.41, 5.74) is 1.72. The first-order valence-corrected chi connectivity index (χ1v) is 11.1. The highest BCUT2D eigenvalue weighted by Crippen LogP contribution is 2.35. The zero-order valence-electron chi connectivity index (χ0n) is 19.2. The number of fused-ring (bicyclic) bond motifs is 1. The zero-order valence-corrected chi connectivity index (χ0v) is 19.2. The number of anilines is 1. The third-order valence-electron chi connectivity index (χ3n) is 5.47. The number of amides is 1. The third-order valence-corrected chi connectivity index (χ3v) is 5.47. The molecule has 1 amide bonds. The van der Waals surface area contributed by atoms with Gasteiger partial charge in [0.25, 0.3) is 5.91 Å². The Labute approximate surface area is 200 Å². The number of carbonyl (C=O) groups excluding carboxylic acids is 3. The van der Waals surface area contributed by atoms with Crippen molar-refractivity contribution in [2.24, 2.45) is 0 Å². The van der Waals surface area contributed by atoms with Gasteiger partial charge in [0.05, 0.1) is 24.3 Å². The monoisotopic (exact) mass is 493 g/mol. The summed E-state index contributed by atoms with van der Waals surface area (Å²) >= 11 is 0. The molecule has 0 aliphatic heterocycles. The molecule has 0 saturated carbocycles. The van der Waals surface area contributed by atoms with Gasteiger partial charge in [0.1, 0.15) is 12.4 Å². The highest BCUT2D eigenvalue weighted by Gasteiger charge is 2.31. The van der Waals surface area contributed by atoms with Gasteiger partial charge in [-0.25, -0.2) is 0 Å². The largest absolute Gasteiger partial charge is 0.489 e. The first kappa shape index (κ1) is 26.2. The van der Waals surface area contributed by atoms with E-state index in [2.05, 4.69) is 5.32 Å². The summed E-state index contributed by atoms with van der Waals surface area (Å²) in [6, 6.07) is 8.17. The van der Waals surface area contributed by atoms with E-state index in [-0.39, 0.29) is 43.3 Å². The van der Waals surface area contributed by atoms with Crippen LogP contribution in [-0.4, -0.2) is 44.6 Å². The molecule has 10 heteroatoms. The predicted octanol–water partition coefficient (Wildman–Crippen LogP) is 4.36. The fourth-order valence-corrected chi connectivity index (χ4v) is 3.67. The van der Waals surface area contributed by atoms with Crippen LogP contribution in [-0.2, 0) is 38.1 Å². The second-order valence-electron chi connectivity index (χ2n) is 8.02. The standard InChI is InChI=1S/C25H26F3NO6/c1-33-11-12-34-22-9-7-19(25(26,27)28)14-20(22)29-23(31)15-35-24(32)10-8-21(30)18-6-5-16-3-2-4-17(16)13-18/h5-7,9,13-14H,2-4,8,10-12,15H2,1H3,(H,29,31). The Morgan fingerprint density at radius 2 is 1.74 bits per heavy atom. The van der Waals surface area contributed by atoms with Crippen LogP contribution in [0.2, 0.25) is 0 Å². The number of rotatable bonds is 11. The van der Waals surface area contributed by atoms with Gasteiger partial charge in [-0.05, 0) is 54.7 Å². The van der Waals surface area contributed by atoms with Crippen LogP contribution in [0.4, 0.5) is 18.9 Å². The van der Waals surface area contributed by atoms with Crippen LogP contribution >= 0.6 is 0 Å². The summed E-state index contributed by atoms with van der Waals surface area (Å²) in [6.45, 7) is -0.478. The van der Waals surface area contributed by atoms with Crippen molar-refractivity contribution in [2.75, 3.05) is 32.2 Å². The molecule has 2 aromatic rings. The van der Waals surface area contributed by atoms with Crippen LogP contribution in [0.3, 0.4) is 0 Å². The predicted molar refractivity (Wildman–Crippen MR) is 120 cm³/mol. The number of benzene rings is 2. The minimum Gasteiger partial charge on any atom is -0.489 e. The highest BCUT2D eigenvalue weighted by atomic mass is 19.4. The fraction of sp³-hybridized carbons (Fsp3) is 0.400. The van der Waals surface area contributed by atoms with E-state index in [0.717, 1.165) is 43.0 Å². The van der Waals surface area contributed by atoms with Crippen molar-refractivity contribution in [3.05, 3.63) is 58.7 Å². The van der Waals surface area contributed by atoms with Gasteiger partial charge in [0, 0.05) is 19.1 Å². The molecule has 1 N–H and O–H groups in total. The molecule has 35 heavy (non-hydrogen) atoms. The number of nitrogens with one attached hydrogen (secondary N) is 1. The lowest BCUT2D eigenvalue weighted by atomic mass is 10.0. The van der Waals surface area contributed by atoms with Crippen LogP contribution in [0.15, 0.2) is 36.4 Å². The van der Waals surface area contributed by atoms with Crippen molar-refractivity contribution in [1.82, 2.24) is 0 Å². The number of methoxy groups -OCH3 is 1. The summed E-state index contributed by atoms with van der Waals surface area (Å²) < 4.78 is 54.3. The van der Waals surface area contributed by atoms with E-state index in [9.17, 15) is 27.6 Å². The highest BCUT2D eigenvalue weighted by molar-refractivity contribution is 5.98. The van der Waals surface area contributed by atoms with E-state index < -0.39 is 30.2 Å². The molecule has 3 rings (SSSR count). The van der Waals surface area contributed by atoms with Crippen molar-refractivity contribution < 1.29 is 41.8 Å². The Morgan fingerprint density at radius 1 is 0.971 bits per heavy atom. The van der Waals surface area contributed by atoms with Crippen LogP contribution in [0, 0.1) is 0 Å².